The third kappa shape index (κ3) is 5.62. The van der Waals surface area contributed by atoms with Crippen LogP contribution in [0.3, 0.4) is 0 Å². The van der Waals surface area contributed by atoms with Crippen molar-refractivity contribution < 1.29 is 8.78 Å². The molecule has 0 aromatic carbocycles. The summed E-state index contributed by atoms with van der Waals surface area (Å²) in [6.45, 7) is 3.68. The molecule has 1 aliphatic rings. The van der Waals surface area contributed by atoms with Gasteiger partial charge in [-0.2, -0.15) is 0 Å². The molecule has 100 valence electrons. The van der Waals surface area contributed by atoms with Gasteiger partial charge in [-0.25, -0.2) is 8.78 Å². The molecule has 1 aliphatic carbocycles. The summed E-state index contributed by atoms with van der Waals surface area (Å²) in [4.78, 5) is 0. The molecular formula is C14H25F2N. The summed E-state index contributed by atoms with van der Waals surface area (Å²) < 4.78 is 26.0. The molecule has 0 amide bonds. The Bertz CT molecular complexity index is 218. The van der Waals surface area contributed by atoms with Crippen LogP contribution in [0.15, 0.2) is 12.7 Å². The minimum absolute atomic E-state index is 0.0296. The van der Waals surface area contributed by atoms with Gasteiger partial charge in [0.1, 0.15) is 0 Å². The average molecular weight is 245 g/mol. The average Bonchev–Trinajstić information content (AvgIpc) is 2.28. The molecule has 3 heteroatoms. The third-order valence-corrected chi connectivity index (χ3v) is 3.81. The number of nitrogens with two attached hydrogens (primary N) is 1. The number of hydrogen-bond donors (Lipinski definition) is 1. The number of hydrogen-bond acceptors (Lipinski definition) is 1. The Morgan fingerprint density at radius 1 is 1.24 bits per heavy atom. The van der Waals surface area contributed by atoms with Crippen LogP contribution in [-0.2, 0) is 0 Å². The second kappa shape index (κ2) is 7.10. The van der Waals surface area contributed by atoms with Crippen molar-refractivity contribution in [2.24, 2.45) is 11.7 Å². The van der Waals surface area contributed by atoms with Crippen molar-refractivity contribution in [1.82, 2.24) is 0 Å². The Hall–Kier alpha value is -0.440. The van der Waals surface area contributed by atoms with E-state index in [-0.39, 0.29) is 18.9 Å². The minimum atomic E-state index is -2.43. The molecule has 2 N–H and O–H groups in total. The molecule has 1 rings (SSSR count). The Morgan fingerprint density at radius 2 is 1.88 bits per heavy atom. The fourth-order valence-electron chi connectivity index (χ4n) is 2.57. The third-order valence-electron chi connectivity index (χ3n) is 3.81. The summed E-state index contributed by atoms with van der Waals surface area (Å²) in [5, 5.41) is 0. The standard InChI is InChI=1S/C14H25F2N/c1-2-3-4-5-6-7-13(17)12-8-10-14(15,16)11-9-12/h2,12-13H,1,3-11,17H2. The SMILES string of the molecule is C=CCCCCCC(N)C1CCC(F)(F)CC1. The number of allylic oxidation sites excluding steroid dienone is 1. The van der Waals surface area contributed by atoms with Crippen LogP contribution in [0.5, 0.6) is 0 Å². The molecule has 0 bridgehead atoms. The topological polar surface area (TPSA) is 26.0 Å². The van der Waals surface area contributed by atoms with Gasteiger partial charge in [-0.1, -0.05) is 18.9 Å². The lowest BCUT2D eigenvalue weighted by Gasteiger charge is -2.32. The molecule has 1 unspecified atom stereocenters. The fraction of sp³-hybridized carbons (Fsp3) is 0.857. The van der Waals surface area contributed by atoms with Gasteiger partial charge in [-0.15, -0.1) is 6.58 Å². The van der Waals surface area contributed by atoms with Crippen molar-refractivity contribution in [3.8, 4) is 0 Å². The van der Waals surface area contributed by atoms with Gasteiger partial charge in [0.15, 0.2) is 0 Å². The van der Waals surface area contributed by atoms with Crippen LogP contribution in [0.25, 0.3) is 0 Å². The van der Waals surface area contributed by atoms with Crippen molar-refractivity contribution in [1.29, 1.82) is 0 Å². The monoisotopic (exact) mass is 245 g/mol. The highest BCUT2D eigenvalue weighted by Gasteiger charge is 2.36. The highest BCUT2D eigenvalue weighted by atomic mass is 19.3. The summed E-state index contributed by atoms with van der Waals surface area (Å²) in [7, 11) is 0. The summed E-state index contributed by atoms with van der Waals surface area (Å²) in [6, 6.07) is 0.120. The van der Waals surface area contributed by atoms with Crippen molar-refractivity contribution in [3.63, 3.8) is 0 Å². The van der Waals surface area contributed by atoms with Gasteiger partial charge in [-0.05, 0) is 38.0 Å². The first kappa shape index (κ1) is 14.6. The number of unbranched alkanes of at least 4 members (excludes halogenated alkanes) is 3. The second-order valence-electron chi connectivity index (χ2n) is 5.28. The van der Waals surface area contributed by atoms with E-state index in [0.29, 0.717) is 18.8 Å². The summed E-state index contributed by atoms with van der Waals surface area (Å²) in [5.74, 6) is -2.12. The first-order valence-electron chi connectivity index (χ1n) is 6.79. The van der Waals surface area contributed by atoms with Gasteiger partial charge in [0.25, 0.3) is 0 Å². The van der Waals surface area contributed by atoms with E-state index in [4.69, 9.17) is 5.73 Å². The maximum atomic E-state index is 13.0. The molecule has 0 saturated heterocycles. The molecule has 0 heterocycles. The summed E-state index contributed by atoms with van der Waals surface area (Å²) in [5.41, 5.74) is 6.09. The van der Waals surface area contributed by atoms with Gasteiger partial charge in [0.05, 0.1) is 0 Å². The Labute approximate surface area is 103 Å². The number of halogens is 2. The highest BCUT2D eigenvalue weighted by molar-refractivity contribution is 4.83. The Kier molecular flexibility index (Phi) is 6.10. The van der Waals surface area contributed by atoms with Crippen LogP contribution in [0.4, 0.5) is 8.78 Å². The molecule has 1 atom stereocenters. The van der Waals surface area contributed by atoms with Crippen LogP contribution in [0.1, 0.15) is 57.8 Å². The van der Waals surface area contributed by atoms with E-state index < -0.39 is 5.92 Å². The van der Waals surface area contributed by atoms with Crippen LogP contribution in [0, 0.1) is 5.92 Å². The lowest BCUT2D eigenvalue weighted by Crippen LogP contribution is -2.36. The molecule has 0 aromatic heterocycles. The quantitative estimate of drug-likeness (QED) is 0.526. The number of rotatable bonds is 7. The second-order valence-corrected chi connectivity index (χ2v) is 5.28. The van der Waals surface area contributed by atoms with Gasteiger partial charge in [0.2, 0.25) is 5.92 Å². The molecule has 0 aromatic rings. The summed E-state index contributed by atoms with van der Waals surface area (Å²) >= 11 is 0. The van der Waals surface area contributed by atoms with E-state index in [1.165, 1.54) is 12.8 Å². The maximum Gasteiger partial charge on any atom is 0.248 e. The van der Waals surface area contributed by atoms with Crippen molar-refractivity contribution in [3.05, 3.63) is 12.7 Å². The zero-order valence-electron chi connectivity index (χ0n) is 10.6. The molecule has 0 aliphatic heterocycles. The first-order chi connectivity index (χ1) is 8.05. The van der Waals surface area contributed by atoms with Crippen molar-refractivity contribution >= 4 is 0 Å². The van der Waals surface area contributed by atoms with Crippen LogP contribution < -0.4 is 5.73 Å². The minimum Gasteiger partial charge on any atom is -0.327 e. The van der Waals surface area contributed by atoms with E-state index in [9.17, 15) is 8.78 Å². The predicted molar refractivity (Wildman–Crippen MR) is 68.2 cm³/mol. The largest absolute Gasteiger partial charge is 0.327 e. The molecule has 0 radical (unpaired) electrons. The van der Waals surface area contributed by atoms with E-state index in [2.05, 4.69) is 6.58 Å². The van der Waals surface area contributed by atoms with E-state index in [1.807, 2.05) is 6.08 Å². The lowest BCUT2D eigenvalue weighted by molar-refractivity contribution is -0.0484. The van der Waals surface area contributed by atoms with Gasteiger partial charge >= 0.3 is 0 Å². The normalized spacial score (nSPS) is 22.3. The van der Waals surface area contributed by atoms with Crippen LogP contribution in [-0.4, -0.2) is 12.0 Å². The first-order valence-corrected chi connectivity index (χ1v) is 6.79. The van der Waals surface area contributed by atoms with Crippen LogP contribution >= 0.6 is 0 Å². The van der Waals surface area contributed by atoms with Gasteiger partial charge in [-0.3, -0.25) is 0 Å². The Balaban J connectivity index is 2.11. The molecule has 1 saturated carbocycles. The fourth-order valence-corrected chi connectivity index (χ4v) is 2.57. The molecule has 17 heavy (non-hydrogen) atoms. The highest BCUT2D eigenvalue weighted by Crippen LogP contribution is 2.37. The zero-order valence-corrected chi connectivity index (χ0v) is 10.6. The van der Waals surface area contributed by atoms with E-state index >= 15 is 0 Å². The molecule has 1 fully saturated rings. The van der Waals surface area contributed by atoms with Crippen molar-refractivity contribution in [2.45, 2.75) is 69.8 Å². The zero-order chi connectivity index (χ0) is 12.7. The maximum absolute atomic E-state index is 13.0. The van der Waals surface area contributed by atoms with Gasteiger partial charge < -0.3 is 5.73 Å². The lowest BCUT2D eigenvalue weighted by atomic mass is 9.81. The van der Waals surface area contributed by atoms with E-state index in [1.54, 1.807) is 0 Å². The van der Waals surface area contributed by atoms with Crippen molar-refractivity contribution in [2.75, 3.05) is 0 Å². The Morgan fingerprint density at radius 3 is 2.47 bits per heavy atom. The van der Waals surface area contributed by atoms with Crippen LogP contribution in [0.2, 0.25) is 0 Å². The molecular weight excluding hydrogens is 220 g/mol. The summed E-state index contributed by atoms with van der Waals surface area (Å²) in [6.07, 6.45) is 8.68. The predicted octanol–water partition coefficient (Wildman–Crippen LogP) is 4.28. The van der Waals surface area contributed by atoms with Gasteiger partial charge in [0, 0.05) is 18.9 Å². The molecule has 0 spiro atoms. The number of alkyl halides is 2. The molecule has 1 nitrogen and oxygen atoms in total. The smallest absolute Gasteiger partial charge is 0.248 e. The van der Waals surface area contributed by atoms with E-state index in [0.717, 1.165) is 19.3 Å².